The Labute approximate surface area is 204 Å². The van der Waals surface area contributed by atoms with Crippen LogP contribution in [-0.2, 0) is 5.41 Å². The normalized spacial score (nSPS) is 12.2. The minimum atomic E-state index is -0.145. The quantitative estimate of drug-likeness (QED) is 0.306. The summed E-state index contributed by atoms with van der Waals surface area (Å²) in [6.07, 6.45) is 1.01. The summed E-state index contributed by atoms with van der Waals surface area (Å²) < 4.78 is 2.29. The van der Waals surface area contributed by atoms with Gasteiger partial charge in [-0.1, -0.05) is 94.8 Å². The second kappa shape index (κ2) is 8.87. The molecule has 3 aromatic carbocycles. The zero-order valence-electron chi connectivity index (χ0n) is 21.9. The van der Waals surface area contributed by atoms with E-state index < -0.39 is 0 Å². The number of aromatic nitrogens is 3. The fourth-order valence-electron chi connectivity index (χ4n) is 5.29. The molecule has 0 atom stereocenters. The van der Waals surface area contributed by atoms with E-state index >= 15 is 0 Å². The van der Waals surface area contributed by atoms with Gasteiger partial charge in [0.25, 0.3) is 0 Å². The van der Waals surface area contributed by atoms with Gasteiger partial charge in [-0.3, -0.25) is 4.57 Å². The Morgan fingerprint density at radius 3 is 2.06 bits per heavy atom. The van der Waals surface area contributed by atoms with Crippen LogP contribution in [0.5, 0.6) is 0 Å². The molecule has 4 rings (SSSR count). The van der Waals surface area contributed by atoms with Crippen molar-refractivity contribution in [3.05, 3.63) is 89.2 Å². The molecule has 0 aliphatic heterocycles. The number of rotatable bonds is 5. The van der Waals surface area contributed by atoms with Crippen molar-refractivity contribution in [2.45, 2.75) is 67.2 Å². The number of hydrogen-bond donors (Lipinski definition) is 0. The van der Waals surface area contributed by atoms with Gasteiger partial charge in [-0.2, -0.15) is 0 Å². The van der Waals surface area contributed by atoms with E-state index in [9.17, 15) is 0 Å². The third-order valence-corrected chi connectivity index (χ3v) is 6.41. The molecule has 3 nitrogen and oxygen atoms in total. The zero-order chi connectivity index (χ0) is 24.7. The molecule has 3 heteroatoms. The molecule has 34 heavy (non-hydrogen) atoms. The maximum atomic E-state index is 4.83. The lowest BCUT2D eigenvalue weighted by Crippen LogP contribution is -2.28. The monoisotopic (exact) mass is 451 g/mol. The molecule has 0 aliphatic rings. The fourth-order valence-corrected chi connectivity index (χ4v) is 5.29. The van der Waals surface area contributed by atoms with Crippen LogP contribution in [0.25, 0.3) is 28.2 Å². The molecule has 1 aromatic heterocycles. The van der Waals surface area contributed by atoms with E-state index in [2.05, 4.69) is 127 Å². The molecule has 0 radical (unpaired) electrons. The smallest absolute Gasteiger partial charge is 0.168 e. The van der Waals surface area contributed by atoms with E-state index in [4.69, 9.17) is 10.2 Å². The van der Waals surface area contributed by atoms with E-state index in [-0.39, 0.29) is 10.8 Å². The first kappa shape index (κ1) is 23.9. The molecule has 0 saturated carbocycles. The van der Waals surface area contributed by atoms with Gasteiger partial charge in [-0.25, -0.2) is 0 Å². The number of benzene rings is 3. The second-order valence-electron chi connectivity index (χ2n) is 11.5. The summed E-state index contributed by atoms with van der Waals surface area (Å²) in [5.74, 6) is 1.90. The molecule has 0 spiro atoms. The van der Waals surface area contributed by atoms with Crippen LogP contribution in [-0.4, -0.2) is 14.8 Å². The molecule has 1 heterocycles. The fraction of sp³-hybridized carbons (Fsp3) is 0.355. The van der Waals surface area contributed by atoms with Gasteiger partial charge in [0.1, 0.15) is 5.82 Å². The van der Waals surface area contributed by atoms with Crippen molar-refractivity contribution < 1.29 is 0 Å². The van der Waals surface area contributed by atoms with Crippen molar-refractivity contribution in [3.8, 4) is 28.2 Å². The van der Waals surface area contributed by atoms with Crippen LogP contribution in [0, 0.1) is 26.2 Å². The highest BCUT2D eigenvalue weighted by atomic mass is 15.3. The summed E-state index contributed by atoms with van der Waals surface area (Å²) >= 11 is 0. The van der Waals surface area contributed by atoms with Gasteiger partial charge in [0, 0.05) is 11.0 Å². The second-order valence-corrected chi connectivity index (χ2v) is 11.5. The van der Waals surface area contributed by atoms with Gasteiger partial charge in [-0.05, 0) is 67.0 Å². The summed E-state index contributed by atoms with van der Waals surface area (Å²) in [5, 5.41) is 9.63. The lowest BCUT2D eigenvalue weighted by Gasteiger charge is -2.32. The Hall–Kier alpha value is -3.20. The summed E-state index contributed by atoms with van der Waals surface area (Å²) in [6, 6.07) is 23.8. The largest absolute Gasteiger partial charge is 0.278 e. The predicted octanol–water partition coefficient (Wildman–Crippen LogP) is 8.24. The van der Waals surface area contributed by atoms with Gasteiger partial charge in [0.15, 0.2) is 5.82 Å². The van der Waals surface area contributed by atoms with Gasteiger partial charge >= 0.3 is 0 Å². The molecule has 0 amide bonds. The molecule has 0 unspecified atom stereocenters. The first-order valence-electron chi connectivity index (χ1n) is 12.2. The molecule has 0 bridgehead atoms. The average molecular weight is 452 g/mol. The van der Waals surface area contributed by atoms with Gasteiger partial charge in [-0.15, -0.1) is 10.2 Å². The average Bonchev–Trinajstić information content (AvgIpc) is 3.19. The minimum absolute atomic E-state index is 0.145. The van der Waals surface area contributed by atoms with Crippen LogP contribution < -0.4 is 0 Å². The summed E-state index contributed by atoms with van der Waals surface area (Å²) in [5.41, 5.74) is 8.43. The summed E-state index contributed by atoms with van der Waals surface area (Å²) in [4.78, 5) is 0. The highest BCUT2D eigenvalue weighted by Gasteiger charge is 2.34. The topological polar surface area (TPSA) is 30.7 Å². The number of hydrogen-bond acceptors (Lipinski definition) is 2. The standard InChI is InChI=1S/C31H37N3/c1-21-14-17-27(23(3)18-21)34-28(32-33-29(34)31(7,8)20-30(4,5)6)25-16-15-22(2)26(19-25)24-12-10-9-11-13-24/h9-19H,20H2,1-8H3. The van der Waals surface area contributed by atoms with Crippen molar-refractivity contribution in [2.24, 2.45) is 5.41 Å². The molecule has 0 N–H and O–H groups in total. The summed E-state index contributed by atoms with van der Waals surface area (Å²) in [6.45, 7) is 17.9. The van der Waals surface area contributed by atoms with Crippen LogP contribution in [0.1, 0.15) is 63.6 Å². The van der Waals surface area contributed by atoms with Crippen LogP contribution in [0.2, 0.25) is 0 Å². The van der Waals surface area contributed by atoms with Crippen molar-refractivity contribution in [3.63, 3.8) is 0 Å². The lowest BCUT2D eigenvalue weighted by atomic mass is 9.75. The van der Waals surface area contributed by atoms with E-state index in [1.165, 1.54) is 27.8 Å². The molecule has 0 saturated heterocycles. The number of aryl methyl sites for hydroxylation is 3. The predicted molar refractivity (Wildman–Crippen MR) is 144 cm³/mol. The van der Waals surface area contributed by atoms with Crippen molar-refractivity contribution in [2.75, 3.05) is 0 Å². The number of nitrogens with zero attached hydrogens (tertiary/aromatic N) is 3. The van der Waals surface area contributed by atoms with E-state index in [0.29, 0.717) is 0 Å². The van der Waals surface area contributed by atoms with E-state index in [0.717, 1.165) is 29.3 Å². The third-order valence-electron chi connectivity index (χ3n) is 6.41. The molecule has 0 fully saturated rings. The SMILES string of the molecule is Cc1ccc(-n2c(-c3ccc(C)c(-c4ccccc4)c3)nnc2C(C)(C)CC(C)(C)C)c(C)c1. The van der Waals surface area contributed by atoms with Crippen LogP contribution in [0.15, 0.2) is 66.7 Å². The van der Waals surface area contributed by atoms with Crippen molar-refractivity contribution in [1.82, 2.24) is 14.8 Å². The Kier molecular flexibility index (Phi) is 6.24. The maximum absolute atomic E-state index is 4.83. The first-order chi connectivity index (χ1) is 16.0. The molecule has 176 valence electrons. The highest BCUT2D eigenvalue weighted by molar-refractivity contribution is 5.74. The molecular formula is C31H37N3. The highest BCUT2D eigenvalue weighted by Crippen LogP contribution is 2.39. The Bertz CT molecular complexity index is 1300. The van der Waals surface area contributed by atoms with Crippen LogP contribution in [0.3, 0.4) is 0 Å². The van der Waals surface area contributed by atoms with Crippen LogP contribution in [0.4, 0.5) is 0 Å². The van der Waals surface area contributed by atoms with E-state index in [1.807, 2.05) is 0 Å². The Morgan fingerprint density at radius 1 is 0.706 bits per heavy atom. The summed E-state index contributed by atoms with van der Waals surface area (Å²) in [7, 11) is 0. The Balaban J connectivity index is 1.95. The minimum Gasteiger partial charge on any atom is -0.278 e. The van der Waals surface area contributed by atoms with Gasteiger partial charge in [0.05, 0.1) is 5.69 Å². The molecule has 4 aromatic rings. The maximum Gasteiger partial charge on any atom is 0.168 e. The van der Waals surface area contributed by atoms with Crippen molar-refractivity contribution >= 4 is 0 Å². The third kappa shape index (κ3) is 4.84. The molecular weight excluding hydrogens is 414 g/mol. The zero-order valence-corrected chi connectivity index (χ0v) is 21.9. The Morgan fingerprint density at radius 2 is 1.41 bits per heavy atom. The van der Waals surface area contributed by atoms with E-state index in [1.54, 1.807) is 0 Å². The van der Waals surface area contributed by atoms with Gasteiger partial charge < -0.3 is 0 Å². The van der Waals surface area contributed by atoms with Gasteiger partial charge in [0.2, 0.25) is 0 Å². The molecule has 0 aliphatic carbocycles. The van der Waals surface area contributed by atoms with Crippen molar-refractivity contribution in [1.29, 1.82) is 0 Å². The first-order valence-corrected chi connectivity index (χ1v) is 12.2. The lowest BCUT2D eigenvalue weighted by molar-refractivity contribution is 0.272. The van der Waals surface area contributed by atoms with Crippen LogP contribution >= 0.6 is 0 Å².